The highest BCUT2D eigenvalue weighted by molar-refractivity contribution is 6.30. The van der Waals surface area contributed by atoms with Crippen LogP contribution in [0.2, 0.25) is 5.02 Å². The Morgan fingerprint density at radius 3 is 2.61 bits per heavy atom. The van der Waals surface area contributed by atoms with E-state index in [1.54, 1.807) is 6.07 Å². The zero-order valence-electron chi connectivity index (χ0n) is 17.9. The standard InChI is InChI=1S/C24H26ClF2NO3/c1-24(2,3)31-23(29)28-11-10-15-12-16(6-7-17(15)22(28)14-4-5-14)30-13-18-20(26)9-8-19(25)21(18)27/h6-9,12,14,22H,4-5,10-11,13H2,1-3H3. The van der Waals surface area contributed by atoms with E-state index in [9.17, 15) is 13.6 Å². The van der Waals surface area contributed by atoms with Crippen molar-refractivity contribution in [1.29, 1.82) is 0 Å². The van der Waals surface area contributed by atoms with Gasteiger partial charge in [0, 0.05) is 6.54 Å². The highest BCUT2D eigenvalue weighted by Crippen LogP contribution is 2.48. The second-order valence-electron chi connectivity index (χ2n) is 9.18. The summed E-state index contributed by atoms with van der Waals surface area (Å²) in [5, 5.41) is -0.139. The van der Waals surface area contributed by atoms with E-state index in [1.807, 2.05) is 37.8 Å². The Morgan fingerprint density at radius 2 is 1.94 bits per heavy atom. The summed E-state index contributed by atoms with van der Waals surface area (Å²) in [5.74, 6) is -0.547. The van der Waals surface area contributed by atoms with Crippen LogP contribution in [0.1, 0.15) is 56.3 Å². The van der Waals surface area contributed by atoms with Crippen LogP contribution in [0.5, 0.6) is 5.75 Å². The van der Waals surface area contributed by atoms with Crippen molar-refractivity contribution in [2.75, 3.05) is 6.54 Å². The molecule has 166 valence electrons. The number of carbonyl (C=O) groups excluding carboxylic acids is 1. The molecule has 1 aliphatic heterocycles. The van der Waals surface area contributed by atoms with Gasteiger partial charge in [-0.3, -0.25) is 0 Å². The minimum Gasteiger partial charge on any atom is -0.489 e. The summed E-state index contributed by atoms with van der Waals surface area (Å²) in [6, 6.07) is 7.93. The quantitative estimate of drug-likeness (QED) is 0.504. The summed E-state index contributed by atoms with van der Waals surface area (Å²) < 4.78 is 39.4. The van der Waals surface area contributed by atoms with Crippen LogP contribution in [-0.2, 0) is 17.8 Å². The molecule has 0 bridgehead atoms. The van der Waals surface area contributed by atoms with Crippen molar-refractivity contribution in [3.05, 3.63) is 63.7 Å². The first-order chi connectivity index (χ1) is 14.6. The average Bonchev–Trinajstić information content (AvgIpc) is 3.53. The van der Waals surface area contributed by atoms with Crippen LogP contribution < -0.4 is 4.74 Å². The van der Waals surface area contributed by atoms with Crippen LogP contribution in [-0.4, -0.2) is 23.1 Å². The molecule has 1 fully saturated rings. The van der Waals surface area contributed by atoms with Crippen LogP contribution in [0.4, 0.5) is 13.6 Å². The van der Waals surface area contributed by atoms with Gasteiger partial charge in [-0.1, -0.05) is 17.7 Å². The first kappa shape index (κ1) is 21.9. The van der Waals surface area contributed by atoms with Gasteiger partial charge in [0.2, 0.25) is 0 Å². The minimum atomic E-state index is -0.804. The van der Waals surface area contributed by atoms with Crippen molar-refractivity contribution >= 4 is 17.7 Å². The lowest BCUT2D eigenvalue weighted by atomic mass is 9.90. The summed E-state index contributed by atoms with van der Waals surface area (Å²) in [7, 11) is 0. The zero-order chi connectivity index (χ0) is 22.3. The molecule has 2 aromatic carbocycles. The highest BCUT2D eigenvalue weighted by Gasteiger charge is 2.42. The van der Waals surface area contributed by atoms with Crippen molar-refractivity contribution < 1.29 is 23.0 Å². The predicted molar refractivity (Wildman–Crippen MR) is 114 cm³/mol. The van der Waals surface area contributed by atoms with E-state index >= 15 is 0 Å². The van der Waals surface area contributed by atoms with Gasteiger partial charge in [0.1, 0.15) is 23.8 Å². The van der Waals surface area contributed by atoms with Crippen molar-refractivity contribution in [1.82, 2.24) is 4.90 Å². The van der Waals surface area contributed by atoms with Gasteiger partial charge in [0.25, 0.3) is 0 Å². The van der Waals surface area contributed by atoms with E-state index in [0.717, 1.165) is 30.0 Å². The minimum absolute atomic E-state index is 0.0181. The largest absolute Gasteiger partial charge is 0.489 e. The number of carbonyl (C=O) groups is 1. The van der Waals surface area contributed by atoms with Crippen molar-refractivity contribution in [3.8, 4) is 5.75 Å². The highest BCUT2D eigenvalue weighted by atomic mass is 35.5. The van der Waals surface area contributed by atoms with Crippen LogP contribution in [0.25, 0.3) is 0 Å². The Bertz CT molecular complexity index is 1000. The third-order valence-corrected chi connectivity index (χ3v) is 5.90. The topological polar surface area (TPSA) is 38.8 Å². The lowest BCUT2D eigenvalue weighted by molar-refractivity contribution is 0.0116. The zero-order valence-corrected chi connectivity index (χ0v) is 18.6. The molecule has 0 radical (unpaired) electrons. The molecule has 1 aliphatic carbocycles. The Labute approximate surface area is 186 Å². The SMILES string of the molecule is CC(C)(C)OC(=O)N1CCc2cc(OCc3c(F)ccc(Cl)c3F)ccc2C1C1CC1. The fourth-order valence-electron chi connectivity index (χ4n) is 4.03. The van der Waals surface area contributed by atoms with Crippen LogP contribution >= 0.6 is 11.6 Å². The maximum atomic E-state index is 14.1. The summed E-state index contributed by atoms with van der Waals surface area (Å²) in [6.07, 6.45) is 2.53. The van der Waals surface area contributed by atoms with Crippen LogP contribution in [0, 0.1) is 17.6 Å². The summed E-state index contributed by atoms with van der Waals surface area (Å²) in [4.78, 5) is 14.6. The molecule has 0 N–H and O–H groups in total. The van der Waals surface area contributed by atoms with Gasteiger partial charge < -0.3 is 14.4 Å². The molecule has 1 atom stereocenters. The number of ether oxygens (including phenoxy) is 2. The first-order valence-corrected chi connectivity index (χ1v) is 10.9. The number of rotatable bonds is 4. The Kier molecular flexibility index (Phi) is 5.86. The molecule has 1 unspecified atom stereocenters. The van der Waals surface area contributed by atoms with Gasteiger partial charge in [-0.25, -0.2) is 13.6 Å². The van der Waals surface area contributed by atoms with E-state index in [2.05, 4.69) is 0 Å². The molecule has 1 amide bonds. The first-order valence-electron chi connectivity index (χ1n) is 10.5. The Balaban J connectivity index is 1.53. The molecule has 2 aliphatic rings. The number of hydrogen-bond acceptors (Lipinski definition) is 3. The van der Waals surface area contributed by atoms with Gasteiger partial charge in [-0.15, -0.1) is 0 Å². The van der Waals surface area contributed by atoms with Gasteiger partial charge in [0.05, 0.1) is 16.6 Å². The normalized spacial score (nSPS) is 18.5. The molecule has 4 rings (SSSR count). The molecular formula is C24H26ClF2NO3. The Morgan fingerprint density at radius 1 is 1.19 bits per heavy atom. The van der Waals surface area contributed by atoms with E-state index in [-0.39, 0.29) is 29.3 Å². The maximum Gasteiger partial charge on any atom is 0.410 e. The number of benzene rings is 2. The van der Waals surface area contributed by atoms with Crippen LogP contribution in [0.3, 0.4) is 0 Å². The van der Waals surface area contributed by atoms with Crippen molar-refractivity contribution in [2.24, 2.45) is 5.92 Å². The van der Waals surface area contributed by atoms with Crippen molar-refractivity contribution in [3.63, 3.8) is 0 Å². The predicted octanol–water partition coefficient (Wildman–Crippen LogP) is 6.44. The number of hydrogen-bond donors (Lipinski definition) is 0. The molecule has 4 nitrogen and oxygen atoms in total. The fourth-order valence-corrected chi connectivity index (χ4v) is 4.20. The average molecular weight is 450 g/mol. The molecule has 0 spiro atoms. The second-order valence-corrected chi connectivity index (χ2v) is 9.58. The summed E-state index contributed by atoms with van der Waals surface area (Å²) >= 11 is 5.75. The second kappa shape index (κ2) is 8.30. The number of nitrogens with zero attached hydrogens (tertiary/aromatic N) is 1. The van der Waals surface area contributed by atoms with Crippen LogP contribution in [0.15, 0.2) is 30.3 Å². The number of fused-ring (bicyclic) bond motifs is 1. The summed E-state index contributed by atoms with van der Waals surface area (Å²) in [5.41, 5.74) is 1.43. The lowest BCUT2D eigenvalue weighted by Crippen LogP contribution is -2.43. The molecule has 0 saturated heterocycles. The van der Waals surface area contributed by atoms with Gasteiger partial charge >= 0.3 is 6.09 Å². The van der Waals surface area contributed by atoms with E-state index < -0.39 is 17.2 Å². The van der Waals surface area contributed by atoms with E-state index in [1.165, 1.54) is 6.07 Å². The number of amides is 1. The fraction of sp³-hybridized carbons (Fsp3) is 0.458. The van der Waals surface area contributed by atoms with E-state index in [0.29, 0.717) is 24.6 Å². The molecular weight excluding hydrogens is 424 g/mol. The summed E-state index contributed by atoms with van der Waals surface area (Å²) in [6.45, 7) is 5.90. The van der Waals surface area contributed by atoms with Gasteiger partial charge in [0.15, 0.2) is 5.82 Å². The molecule has 1 saturated carbocycles. The smallest absolute Gasteiger partial charge is 0.410 e. The Hall–Kier alpha value is -2.34. The monoisotopic (exact) mass is 449 g/mol. The van der Waals surface area contributed by atoms with Crippen molar-refractivity contribution in [2.45, 2.75) is 58.3 Å². The third kappa shape index (κ3) is 4.79. The molecule has 2 aromatic rings. The molecule has 31 heavy (non-hydrogen) atoms. The molecule has 0 aromatic heterocycles. The maximum absolute atomic E-state index is 14.1. The third-order valence-electron chi connectivity index (χ3n) is 5.61. The molecule has 1 heterocycles. The molecule has 7 heteroatoms. The van der Waals surface area contributed by atoms with Gasteiger partial charge in [-0.05, 0) is 81.3 Å². The van der Waals surface area contributed by atoms with E-state index in [4.69, 9.17) is 21.1 Å². The lowest BCUT2D eigenvalue weighted by Gasteiger charge is -2.38. The van der Waals surface area contributed by atoms with Gasteiger partial charge in [-0.2, -0.15) is 0 Å². The number of halogens is 3.